The molecule has 4 nitrogen and oxygen atoms in total. The minimum absolute atomic E-state index is 0.0876. The fraction of sp³-hybridized carbons (Fsp3) is 0.462. The Kier molecular flexibility index (Phi) is 9.70. The minimum Gasteiger partial charge on any atom is -0.354 e. The van der Waals surface area contributed by atoms with E-state index in [9.17, 15) is 14.0 Å². The smallest absolute Gasteiger partial charge is 0.242 e. The molecule has 0 unspecified atom stereocenters. The fourth-order valence-electron chi connectivity index (χ4n) is 3.37. The van der Waals surface area contributed by atoms with Gasteiger partial charge in [0.1, 0.15) is 11.9 Å². The molecule has 0 aliphatic carbocycles. The molecule has 0 fully saturated rings. The minimum atomic E-state index is -0.599. The number of carbonyl (C=O) groups is 2. The number of carbonyl (C=O) groups excluding carboxylic acids is 2. The molecule has 2 amide bonds. The average Bonchev–Trinajstić information content (AvgIpc) is 2.77. The van der Waals surface area contributed by atoms with Crippen LogP contribution in [-0.2, 0) is 22.6 Å². The highest BCUT2D eigenvalue weighted by Crippen LogP contribution is 2.17. The highest BCUT2D eigenvalue weighted by Gasteiger charge is 2.25. The Labute approximate surface area is 185 Å². The second-order valence-electron chi connectivity index (χ2n) is 8.36. The lowest BCUT2D eigenvalue weighted by atomic mass is 10.00. The zero-order chi connectivity index (χ0) is 22.8. The molecule has 5 heteroatoms. The lowest BCUT2D eigenvalue weighted by molar-refractivity contribution is -0.140. The quantitative estimate of drug-likeness (QED) is 0.501. The first-order valence-corrected chi connectivity index (χ1v) is 11.2. The molecule has 0 aromatic heterocycles. The lowest BCUT2D eigenvalue weighted by Gasteiger charge is -2.29. The summed E-state index contributed by atoms with van der Waals surface area (Å²) in [5.74, 6) is -0.105. The largest absolute Gasteiger partial charge is 0.354 e. The van der Waals surface area contributed by atoms with Crippen LogP contribution in [0.2, 0.25) is 0 Å². The maximum absolute atomic E-state index is 13.3. The molecule has 0 heterocycles. The molecule has 2 rings (SSSR count). The van der Waals surface area contributed by atoms with Crippen LogP contribution >= 0.6 is 0 Å². The molecule has 0 saturated heterocycles. The first kappa shape index (κ1) is 24.6. The number of hydrogen-bond acceptors (Lipinski definition) is 2. The van der Waals surface area contributed by atoms with Crippen molar-refractivity contribution in [3.8, 4) is 0 Å². The summed E-state index contributed by atoms with van der Waals surface area (Å²) in [6.07, 6.45) is 2.81. The molecule has 1 atom stereocenters. The molecule has 2 aromatic carbocycles. The summed E-state index contributed by atoms with van der Waals surface area (Å²) in [5.41, 5.74) is 3.16. The zero-order valence-electron chi connectivity index (χ0n) is 19.2. The standard InChI is InChI=1S/C26H35FN2O2/c1-5-6-17-28-26(31)20(4)29(18-22-9-14-24(27)15-10-22)25(30)16-11-21-7-12-23(13-8-21)19(2)3/h7-10,12-15,19-20H,5-6,11,16-18H2,1-4H3,(H,28,31)/t20-/m0/s1. The molecule has 31 heavy (non-hydrogen) atoms. The zero-order valence-corrected chi connectivity index (χ0v) is 19.2. The maximum atomic E-state index is 13.3. The topological polar surface area (TPSA) is 49.4 Å². The summed E-state index contributed by atoms with van der Waals surface area (Å²) in [6.45, 7) is 8.99. The van der Waals surface area contributed by atoms with E-state index in [2.05, 4.69) is 50.4 Å². The van der Waals surface area contributed by atoms with E-state index < -0.39 is 6.04 Å². The number of benzene rings is 2. The van der Waals surface area contributed by atoms with Crippen molar-refractivity contribution in [3.63, 3.8) is 0 Å². The van der Waals surface area contributed by atoms with Gasteiger partial charge in [-0.15, -0.1) is 0 Å². The van der Waals surface area contributed by atoms with Gasteiger partial charge in [-0.25, -0.2) is 4.39 Å². The molecule has 0 radical (unpaired) electrons. The number of nitrogens with zero attached hydrogens (tertiary/aromatic N) is 1. The van der Waals surface area contributed by atoms with Gasteiger partial charge in [0.25, 0.3) is 0 Å². The van der Waals surface area contributed by atoms with E-state index in [1.165, 1.54) is 17.7 Å². The van der Waals surface area contributed by atoms with Crippen LogP contribution in [0.15, 0.2) is 48.5 Å². The third-order valence-corrected chi connectivity index (χ3v) is 5.54. The van der Waals surface area contributed by atoms with Gasteiger partial charge >= 0.3 is 0 Å². The monoisotopic (exact) mass is 426 g/mol. The first-order valence-electron chi connectivity index (χ1n) is 11.2. The second-order valence-corrected chi connectivity index (χ2v) is 8.36. The summed E-state index contributed by atoms with van der Waals surface area (Å²) < 4.78 is 13.3. The van der Waals surface area contributed by atoms with Crippen molar-refractivity contribution in [1.82, 2.24) is 10.2 Å². The molecule has 2 aromatic rings. The summed E-state index contributed by atoms with van der Waals surface area (Å²) in [4.78, 5) is 27.3. The van der Waals surface area contributed by atoms with Gasteiger partial charge in [0.15, 0.2) is 0 Å². The van der Waals surface area contributed by atoms with Gasteiger partial charge in [-0.2, -0.15) is 0 Å². The van der Waals surface area contributed by atoms with Gasteiger partial charge in [0.05, 0.1) is 0 Å². The van der Waals surface area contributed by atoms with Gasteiger partial charge in [0, 0.05) is 19.5 Å². The van der Waals surface area contributed by atoms with E-state index in [-0.39, 0.29) is 24.2 Å². The number of hydrogen-bond donors (Lipinski definition) is 1. The van der Waals surface area contributed by atoms with E-state index in [1.54, 1.807) is 24.0 Å². The van der Waals surface area contributed by atoms with E-state index in [0.29, 0.717) is 25.3 Å². The first-order chi connectivity index (χ1) is 14.8. The Morgan fingerprint density at radius 2 is 1.58 bits per heavy atom. The molecule has 0 aliphatic rings. The molecule has 0 bridgehead atoms. The van der Waals surface area contributed by atoms with Crippen molar-refractivity contribution >= 4 is 11.8 Å². The highest BCUT2D eigenvalue weighted by atomic mass is 19.1. The van der Waals surface area contributed by atoms with Crippen molar-refractivity contribution in [2.45, 2.75) is 71.9 Å². The van der Waals surface area contributed by atoms with Crippen molar-refractivity contribution in [2.75, 3.05) is 6.54 Å². The van der Waals surface area contributed by atoms with Crippen LogP contribution in [0.5, 0.6) is 0 Å². The molecule has 0 spiro atoms. The number of rotatable bonds is 11. The van der Waals surface area contributed by atoms with E-state index in [1.807, 2.05) is 0 Å². The van der Waals surface area contributed by atoms with Crippen LogP contribution in [0.25, 0.3) is 0 Å². The van der Waals surface area contributed by atoms with Crippen LogP contribution in [0.1, 0.15) is 69.6 Å². The van der Waals surface area contributed by atoms with Crippen molar-refractivity contribution in [2.24, 2.45) is 0 Å². The summed E-state index contributed by atoms with van der Waals surface area (Å²) in [6, 6.07) is 13.8. The SMILES string of the molecule is CCCCNC(=O)[C@H](C)N(Cc1ccc(F)cc1)C(=O)CCc1ccc(C(C)C)cc1. The number of amides is 2. The van der Waals surface area contributed by atoms with Gasteiger partial charge in [-0.05, 0) is 54.5 Å². The Hall–Kier alpha value is -2.69. The van der Waals surface area contributed by atoms with Gasteiger partial charge in [0.2, 0.25) is 11.8 Å². The lowest BCUT2D eigenvalue weighted by Crippen LogP contribution is -2.47. The van der Waals surface area contributed by atoms with Crippen molar-refractivity contribution in [1.29, 1.82) is 0 Å². The second kappa shape index (κ2) is 12.2. The number of nitrogens with one attached hydrogen (secondary N) is 1. The predicted octanol–water partition coefficient (Wildman–Crippen LogP) is 5.22. The molecular formula is C26H35FN2O2. The molecule has 1 N–H and O–H groups in total. The van der Waals surface area contributed by atoms with E-state index >= 15 is 0 Å². The van der Waals surface area contributed by atoms with Crippen LogP contribution in [-0.4, -0.2) is 29.3 Å². The molecule has 0 aliphatic heterocycles. The predicted molar refractivity (Wildman–Crippen MR) is 123 cm³/mol. The number of halogens is 1. The van der Waals surface area contributed by atoms with Gasteiger partial charge in [-0.3, -0.25) is 9.59 Å². The number of unbranched alkanes of at least 4 members (excludes halogenated alkanes) is 1. The Morgan fingerprint density at radius 3 is 2.16 bits per heavy atom. The Bertz CT molecular complexity index is 831. The average molecular weight is 427 g/mol. The van der Waals surface area contributed by atoms with Crippen molar-refractivity contribution in [3.05, 3.63) is 71.0 Å². The fourth-order valence-corrected chi connectivity index (χ4v) is 3.37. The normalized spacial score (nSPS) is 11.9. The van der Waals surface area contributed by atoms with Crippen LogP contribution < -0.4 is 5.32 Å². The molecular weight excluding hydrogens is 391 g/mol. The van der Waals surface area contributed by atoms with Crippen LogP contribution in [0.3, 0.4) is 0 Å². The summed E-state index contributed by atoms with van der Waals surface area (Å²) in [5, 5.41) is 2.91. The van der Waals surface area contributed by atoms with Crippen molar-refractivity contribution < 1.29 is 14.0 Å². The number of aryl methyl sites for hydroxylation is 1. The Balaban J connectivity index is 2.08. The van der Waals surface area contributed by atoms with Crippen LogP contribution in [0, 0.1) is 5.82 Å². The van der Waals surface area contributed by atoms with E-state index in [4.69, 9.17) is 0 Å². The molecule has 0 saturated carbocycles. The summed E-state index contributed by atoms with van der Waals surface area (Å²) >= 11 is 0. The maximum Gasteiger partial charge on any atom is 0.242 e. The summed E-state index contributed by atoms with van der Waals surface area (Å²) in [7, 11) is 0. The van der Waals surface area contributed by atoms with Crippen LogP contribution in [0.4, 0.5) is 4.39 Å². The third-order valence-electron chi connectivity index (χ3n) is 5.54. The van der Waals surface area contributed by atoms with Gasteiger partial charge in [-0.1, -0.05) is 63.6 Å². The Morgan fingerprint density at radius 1 is 0.968 bits per heavy atom. The van der Waals surface area contributed by atoms with Gasteiger partial charge < -0.3 is 10.2 Å². The molecule has 168 valence electrons. The highest BCUT2D eigenvalue weighted by molar-refractivity contribution is 5.87. The van der Waals surface area contributed by atoms with E-state index in [0.717, 1.165) is 24.0 Å². The third kappa shape index (κ3) is 7.82.